The fraction of sp³-hybridized carbons (Fsp3) is 0.900. The summed E-state index contributed by atoms with van der Waals surface area (Å²) in [6.07, 6.45) is 4.66. The van der Waals surface area contributed by atoms with Crippen molar-refractivity contribution in [2.75, 3.05) is 17.3 Å². The van der Waals surface area contributed by atoms with Gasteiger partial charge >= 0.3 is 0 Å². The summed E-state index contributed by atoms with van der Waals surface area (Å²) in [5, 5.41) is 9.10. The molecular weight excluding hydrogens is 198 g/mol. The summed E-state index contributed by atoms with van der Waals surface area (Å²) in [5.41, 5.74) is 0. The fourth-order valence-electron chi connectivity index (χ4n) is 1.64. The Labute approximate surface area is 89.7 Å². The first-order valence-corrected chi connectivity index (χ1v) is 7.10. The zero-order valence-corrected chi connectivity index (χ0v) is 9.85. The molecule has 1 fully saturated rings. The molecule has 0 saturated carbocycles. The molecule has 1 rings (SSSR count). The number of nitrogens with zero attached hydrogens (tertiary/aromatic N) is 1. The number of hydrogen-bond acceptors (Lipinski definition) is 3. The van der Waals surface area contributed by atoms with Gasteiger partial charge in [-0.25, -0.2) is 0 Å². The van der Waals surface area contributed by atoms with Gasteiger partial charge < -0.3 is 0 Å². The van der Waals surface area contributed by atoms with Crippen molar-refractivity contribution in [3.05, 3.63) is 0 Å². The van der Waals surface area contributed by atoms with E-state index in [0.717, 1.165) is 12.8 Å². The summed E-state index contributed by atoms with van der Waals surface area (Å²) in [4.78, 5) is 0. The lowest BCUT2D eigenvalue weighted by atomic mass is 9.99. The molecule has 1 atom stereocenters. The second kappa shape index (κ2) is 5.82. The third-order valence-corrected chi connectivity index (χ3v) is 4.91. The lowest BCUT2D eigenvalue weighted by molar-refractivity contribution is 0.614. The van der Waals surface area contributed by atoms with Gasteiger partial charge in [0.2, 0.25) is 0 Å². The van der Waals surface area contributed by atoms with Crippen molar-refractivity contribution in [3.63, 3.8) is 0 Å². The molecule has 1 saturated heterocycles. The second-order valence-electron chi connectivity index (χ2n) is 3.36. The highest BCUT2D eigenvalue weighted by atomic mass is 32.2. The molecule has 1 unspecified atom stereocenters. The Morgan fingerprint density at radius 2 is 2.46 bits per heavy atom. The fourth-order valence-corrected chi connectivity index (χ4v) is 3.60. The number of hydrogen-bond donors (Lipinski definition) is 0. The molecule has 0 radical (unpaired) electrons. The number of nitriles is 1. The van der Waals surface area contributed by atoms with E-state index in [4.69, 9.17) is 5.26 Å². The van der Waals surface area contributed by atoms with Gasteiger partial charge in [0.05, 0.1) is 6.07 Å². The Balaban J connectivity index is 2.21. The molecule has 0 spiro atoms. The third-order valence-electron chi connectivity index (χ3n) is 2.38. The molecule has 1 heterocycles. The number of rotatable bonds is 5. The van der Waals surface area contributed by atoms with Gasteiger partial charge in [-0.1, -0.05) is 6.92 Å². The summed E-state index contributed by atoms with van der Waals surface area (Å²) in [7, 11) is 0. The SMILES string of the molecule is CCSCCCC1(C#N)CCCS1. The molecule has 0 aromatic carbocycles. The van der Waals surface area contributed by atoms with Gasteiger partial charge in [-0.3, -0.25) is 0 Å². The first-order valence-electron chi connectivity index (χ1n) is 4.96. The van der Waals surface area contributed by atoms with Crippen LogP contribution >= 0.6 is 23.5 Å². The van der Waals surface area contributed by atoms with E-state index in [1.165, 1.54) is 30.1 Å². The minimum absolute atomic E-state index is 0.00565. The summed E-state index contributed by atoms with van der Waals surface area (Å²) in [6.45, 7) is 2.19. The minimum atomic E-state index is -0.00565. The van der Waals surface area contributed by atoms with Crippen molar-refractivity contribution in [1.29, 1.82) is 5.26 Å². The maximum Gasteiger partial charge on any atom is 0.102 e. The van der Waals surface area contributed by atoms with E-state index in [0.29, 0.717) is 0 Å². The molecule has 0 bridgehead atoms. The van der Waals surface area contributed by atoms with Crippen LogP contribution in [0.25, 0.3) is 0 Å². The molecule has 0 aromatic rings. The van der Waals surface area contributed by atoms with Crippen LogP contribution in [0.15, 0.2) is 0 Å². The molecule has 1 aliphatic heterocycles. The Morgan fingerprint density at radius 3 is 3.00 bits per heavy atom. The lowest BCUT2D eigenvalue weighted by Gasteiger charge is -2.18. The summed E-state index contributed by atoms with van der Waals surface area (Å²) in [6, 6.07) is 2.51. The summed E-state index contributed by atoms with van der Waals surface area (Å²) in [5.74, 6) is 3.61. The largest absolute Gasteiger partial charge is 0.197 e. The van der Waals surface area contributed by atoms with E-state index in [1.54, 1.807) is 0 Å². The van der Waals surface area contributed by atoms with Crippen LogP contribution in [-0.4, -0.2) is 22.0 Å². The van der Waals surface area contributed by atoms with Gasteiger partial charge in [-0.2, -0.15) is 17.0 Å². The quantitative estimate of drug-likeness (QED) is 0.657. The lowest BCUT2D eigenvalue weighted by Crippen LogP contribution is -2.18. The van der Waals surface area contributed by atoms with Crippen LogP contribution in [0, 0.1) is 11.3 Å². The molecule has 1 nitrogen and oxygen atoms in total. The average molecular weight is 215 g/mol. The maximum atomic E-state index is 9.10. The van der Waals surface area contributed by atoms with Crippen molar-refractivity contribution >= 4 is 23.5 Å². The average Bonchev–Trinajstić information content (AvgIpc) is 2.62. The molecule has 1 aliphatic rings. The zero-order valence-electron chi connectivity index (χ0n) is 8.21. The van der Waals surface area contributed by atoms with Crippen LogP contribution < -0.4 is 0 Å². The molecule has 13 heavy (non-hydrogen) atoms. The van der Waals surface area contributed by atoms with E-state index in [9.17, 15) is 0 Å². The zero-order chi connectivity index (χ0) is 9.57. The van der Waals surface area contributed by atoms with E-state index < -0.39 is 0 Å². The van der Waals surface area contributed by atoms with Gasteiger partial charge in [0.25, 0.3) is 0 Å². The third kappa shape index (κ3) is 3.44. The monoisotopic (exact) mass is 215 g/mol. The smallest absolute Gasteiger partial charge is 0.102 e. The van der Waals surface area contributed by atoms with Crippen molar-refractivity contribution in [3.8, 4) is 6.07 Å². The van der Waals surface area contributed by atoms with Crippen molar-refractivity contribution < 1.29 is 0 Å². The van der Waals surface area contributed by atoms with E-state index in [2.05, 4.69) is 13.0 Å². The van der Waals surface area contributed by atoms with Gasteiger partial charge in [0, 0.05) is 0 Å². The first kappa shape index (κ1) is 11.3. The molecule has 0 amide bonds. The van der Waals surface area contributed by atoms with Crippen molar-refractivity contribution in [1.82, 2.24) is 0 Å². The molecule has 0 N–H and O–H groups in total. The molecule has 3 heteroatoms. The first-order chi connectivity index (χ1) is 6.33. The molecule has 74 valence electrons. The molecule has 0 aliphatic carbocycles. The topological polar surface area (TPSA) is 23.8 Å². The minimum Gasteiger partial charge on any atom is -0.197 e. The van der Waals surface area contributed by atoms with Crippen LogP contribution in [0.5, 0.6) is 0 Å². The Morgan fingerprint density at radius 1 is 1.62 bits per heavy atom. The van der Waals surface area contributed by atoms with E-state index >= 15 is 0 Å². The second-order valence-corrected chi connectivity index (χ2v) is 6.23. The summed E-state index contributed by atoms with van der Waals surface area (Å²) >= 11 is 3.86. The van der Waals surface area contributed by atoms with Crippen LogP contribution in [0.2, 0.25) is 0 Å². The Hall–Kier alpha value is 0.190. The van der Waals surface area contributed by atoms with Crippen molar-refractivity contribution in [2.24, 2.45) is 0 Å². The predicted octanol–water partition coefficient (Wildman–Crippen LogP) is 3.31. The Bertz CT molecular complexity index is 180. The van der Waals surface area contributed by atoms with Crippen LogP contribution in [0.4, 0.5) is 0 Å². The maximum absolute atomic E-state index is 9.10. The van der Waals surface area contributed by atoms with E-state index in [-0.39, 0.29) is 4.75 Å². The standard InChI is InChI=1S/C10H17NS2/c1-2-12-7-3-5-10(9-11)6-4-8-13-10/h2-8H2,1H3. The highest BCUT2D eigenvalue weighted by Gasteiger charge is 2.33. The van der Waals surface area contributed by atoms with Crippen LogP contribution in [0.1, 0.15) is 32.6 Å². The highest BCUT2D eigenvalue weighted by molar-refractivity contribution is 8.01. The molecule has 0 aromatic heterocycles. The van der Waals surface area contributed by atoms with Crippen molar-refractivity contribution in [2.45, 2.75) is 37.4 Å². The highest BCUT2D eigenvalue weighted by Crippen LogP contribution is 2.41. The predicted molar refractivity (Wildman–Crippen MR) is 62.3 cm³/mol. The number of thioether (sulfide) groups is 2. The van der Waals surface area contributed by atoms with Crippen LogP contribution in [-0.2, 0) is 0 Å². The Kier molecular flexibility index (Phi) is 5.05. The summed E-state index contributed by atoms with van der Waals surface area (Å²) < 4.78 is -0.00565. The van der Waals surface area contributed by atoms with Gasteiger partial charge in [0.15, 0.2) is 0 Å². The van der Waals surface area contributed by atoms with Gasteiger partial charge in [-0.15, -0.1) is 11.8 Å². The van der Waals surface area contributed by atoms with Gasteiger partial charge in [-0.05, 0) is 42.9 Å². The normalized spacial score (nSPS) is 27.4. The van der Waals surface area contributed by atoms with E-state index in [1.807, 2.05) is 23.5 Å². The van der Waals surface area contributed by atoms with Crippen LogP contribution in [0.3, 0.4) is 0 Å². The molecular formula is C10H17NS2. The van der Waals surface area contributed by atoms with Gasteiger partial charge in [0.1, 0.15) is 4.75 Å².